The van der Waals surface area contributed by atoms with E-state index in [1.807, 2.05) is 0 Å². The van der Waals surface area contributed by atoms with Crippen LogP contribution in [0.25, 0.3) is 0 Å². The number of amides is 1. The number of methoxy groups -OCH3 is 3. The van der Waals surface area contributed by atoms with Crippen LogP contribution in [0.1, 0.15) is 18.0 Å². The van der Waals surface area contributed by atoms with Gasteiger partial charge in [-0.2, -0.15) is 0 Å². The third-order valence-electron chi connectivity index (χ3n) is 3.95. The zero-order chi connectivity index (χ0) is 20.7. The molecule has 0 aliphatic rings. The van der Waals surface area contributed by atoms with Crippen LogP contribution in [0.15, 0.2) is 42.5 Å². The zero-order valence-corrected chi connectivity index (χ0v) is 17.0. The van der Waals surface area contributed by atoms with Crippen LogP contribution in [-0.2, 0) is 14.8 Å². The van der Waals surface area contributed by atoms with E-state index in [1.165, 1.54) is 21.3 Å². The van der Waals surface area contributed by atoms with Gasteiger partial charge in [0, 0.05) is 12.5 Å². The fourth-order valence-corrected chi connectivity index (χ4v) is 3.35. The molecule has 1 atom stereocenters. The molecule has 0 heterocycles. The Bertz CT molecular complexity index is 913. The van der Waals surface area contributed by atoms with E-state index in [2.05, 4.69) is 10.0 Å². The summed E-state index contributed by atoms with van der Waals surface area (Å²) in [5.74, 6) is 1.28. The van der Waals surface area contributed by atoms with Gasteiger partial charge in [0.15, 0.2) is 0 Å². The van der Waals surface area contributed by atoms with Crippen molar-refractivity contribution in [3.8, 4) is 17.2 Å². The van der Waals surface area contributed by atoms with Gasteiger partial charge in [-0.1, -0.05) is 12.1 Å². The first-order valence-corrected chi connectivity index (χ1v) is 10.3. The molecule has 0 saturated carbocycles. The number of benzene rings is 2. The average molecular weight is 408 g/mol. The highest BCUT2D eigenvalue weighted by Gasteiger charge is 2.21. The van der Waals surface area contributed by atoms with E-state index in [1.54, 1.807) is 42.5 Å². The summed E-state index contributed by atoms with van der Waals surface area (Å²) in [6, 6.07) is 11.1. The Hall–Kier alpha value is -2.78. The van der Waals surface area contributed by atoms with Gasteiger partial charge in [0.25, 0.3) is 0 Å². The molecule has 0 aromatic heterocycles. The number of carbonyl (C=O) groups is 1. The number of carbonyl (C=O) groups excluding carboxylic acids is 1. The van der Waals surface area contributed by atoms with Crippen LogP contribution in [0, 0.1) is 0 Å². The van der Waals surface area contributed by atoms with Crippen LogP contribution in [0.5, 0.6) is 17.2 Å². The predicted molar refractivity (Wildman–Crippen MR) is 107 cm³/mol. The van der Waals surface area contributed by atoms with Crippen LogP contribution in [0.3, 0.4) is 0 Å². The van der Waals surface area contributed by atoms with Crippen molar-refractivity contribution < 1.29 is 27.4 Å². The number of hydrogen-bond acceptors (Lipinski definition) is 6. The average Bonchev–Trinajstić information content (AvgIpc) is 2.66. The molecule has 0 aliphatic heterocycles. The van der Waals surface area contributed by atoms with Gasteiger partial charge in [0.1, 0.15) is 17.2 Å². The Morgan fingerprint density at radius 3 is 2.11 bits per heavy atom. The lowest BCUT2D eigenvalue weighted by Crippen LogP contribution is -2.30. The van der Waals surface area contributed by atoms with Gasteiger partial charge in [0.2, 0.25) is 15.9 Å². The maximum absolute atomic E-state index is 12.6. The third kappa shape index (κ3) is 6.14. The largest absolute Gasteiger partial charge is 0.497 e. The van der Waals surface area contributed by atoms with Crippen LogP contribution < -0.4 is 24.2 Å². The minimum absolute atomic E-state index is 0.103. The number of hydrogen-bond donors (Lipinski definition) is 2. The third-order valence-corrected chi connectivity index (χ3v) is 4.66. The van der Waals surface area contributed by atoms with Crippen molar-refractivity contribution in [1.29, 1.82) is 0 Å². The molecule has 2 rings (SSSR count). The molecule has 1 amide bonds. The smallest absolute Gasteiger partial charge is 0.226 e. The van der Waals surface area contributed by atoms with Crippen molar-refractivity contribution in [3.63, 3.8) is 0 Å². The Balaban J connectivity index is 2.20. The maximum Gasteiger partial charge on any atom is 0.226 e. The van der Waals surface area contributed by atoms with E-state index in [0.29, 0.717) is 28.5 Å². The fraction of sp³-hybridized carbons (Fsp3) is 0.316. The molecule has 8 nitrogen and oxygen atoms in total. The van der Waals surface area contributed by atoms with Gasteiger partial charge in [0.05, 0.1) is 39.3 Å². The first-order chi connectivity index (χ1) is 13.3. The van der Waals surface area contributed by atoms with E-state index in [4.69, 9.17) is 14.2 Å². The van der Waals surface area contributed by atoms with Gasteiger partial charge in [-0.15, -0.1) is 0 Å². The van der Waals surface area contributed by atoms with E-state index >= 15 is 0 Å². The van der Waals surface area contributed by atoms with Gasteiger partial charge >= 0.3 is 0 Å². The van der Waals surface area contributed by atoms with Crippen molar-refractivity contribution in [2.24, 2.45) is 0 Å². The number of rotatable bonds is 9. The molecule has 0 fully saturated rings. The summed E-state index contributed by atoms with van der Waals surface area (Å²) >= 11 is 0. The lowest BCUT2D eigenvalue weighted by atomic mass is 10.0. The summed E-state index contributed by atoms with van der Waals surface area (Å²) in [5, 5.41) is 2.74. The van der Waals surface area contributed by atoms with Crippen molar-refractivity contribution in [2.45, 2.75) is 12.5 Å². The molecule has 2 N–H and O–H groups in total. The lowest BCUT2D eigenvalue weighted by molar-refractivity contribution is -0.116. The summed E-state index contributed by atoms with van der Waals surface area (Å²) < 4.78 is 41.5. The second-order valence-corrected chi connectivity index (χ2v) is 7.81. The van der Waals surface area contributed by atoms with E-state index < -0.39 is 16.1 Å². The second-order valence-electron chi connectivity index (χ2n) is 6.03. The molecule has 2 aromatic rings. The Morgan fingerprint density at radius 1 is 0.964 bits per heavy atom. The summed E-state index contributed by atoms with van der Waals surface area (Å²) in [6.45, 7) is 0. The van der Waals surface area contributed by atoms with Crippen LogP contribution in [-0.4, -0.2) is 41.9 Å². The molecule has 1 unspecified atom stereocenters. The minimum Gasteiger partial charge on any atom is -0.497 e. The van der Waals surface area contributed by atoms with E-state index in [9.17, 15) is 13.2 Å². The van der Waals surface area contributed by atoms with Gasteiger partial charge in [-0.25, -0.2) is 13.1 Å². The summed E-state index contributed by atoms with van der Waals surface area (Å²) in [4.78, 5) is 12.6. The van der Waals surface area contributed by atoms with Crippen molar-refractivity contribution in [1.82, 2.24) is 4.72 Å². The maximum atomic E-state index is 12.6. The highest BCUT2D eigenvalue weighted by atomic mass is 32.2. The number of ether oxygens (including phenoxy) is 3. The Labute approximate surface area is 164 Å². The highest BCUT2D eigenvalue weighted by molar-refractivity contribution is 7.88. The van der Waals surface area contributed by atoms with Crippen molar-refractivity contribution in [2.75, 3.05) is 32.9 Å². The molecule has 152 valence electrons. The SMILES string of the molecule is COc1ccc(C(CC(=O)Nc2ccc(OC)cc2OC)NS(C)(=O)=O)cc1. The quantitative estimate of drug-likeness (QED) is 0.660. The molecule has 0 radical (unpaired) electrons. The van der Waals surface area contributed by atoms with Gasteiger partial charge in [-0.05, 0) is 29.8 Å². The van der Waals surface area contributed by atoms with Gasteiger partial charge in [-0.3, -0.25) is 4.79 Å². The highest BCUT2D eigenvalue weighted by Crippen LogP contribution is 2.30. The first kappa shape index (κ1) is 21.5. The van der Waals surface area contributed by atoms with Crippen molar-refractivity contribution >= 4 is 21.6 Å². The monoisotopic (exact) mass is 408 g/mol. The van der Waals surface area contributed by atoms with Gasteiger partial charge < -0.3 is 19.5 Å². The summed E-state index contributed by atoms with van der Waals surface area (Å²) in [7, 11) is 1.02. The molecule has 0 spiro atoms. The predicted octanol–water partition coefficient (Wildman–Crippen LogP) is 2.33. The van der Waals surface area contributed by atoms with Crippen molar-refractivity contribution in [3.05, 3.63) is 48.0 Å². The van der Waals surface area contributed by atoms with E-state index in [-0.39, 0.29) is 12.3 Å². The molecule has 2 aromatic carbocycles. The molecule has 9 heteroatoms. The van der Waals surface area contributed by atoms with Crippen LogP contribution >= 0.6 is 0 Å². The molecule has 0 aliphatic carbocycles. The van der Waals surface area contributed by atoms with Crippen LogP contribution in [0.4, 0.5) is 5.69 Å². The normalized spacial score (nSPS) is 12.1. The lowest BCUT2D eigenvalue weighted by Gasteiger charge is -2.19. The number of anilines is 1. The topological polar surface area (TPSA) is 103 Å². The molecular weight excluding hydrogens is 384 g/mol. The first-order valence-electron chi connectivity index (χ1n) is 8.39. The molecule has 28 heavy (non-hydrogen) atoms. The fourth-order valence-electron chi connectivity index (χ4n) is 2.61. The molecule has 0 saturated heterocycles. The Morgan fingerprint density at radius 2 is 1.57 bits per heavy atom. The number of nitrogens with one attached hydrogen (secondary N) is 2. The van der Waals surface area contributed by atoms with E-state index in [0.717, 1.165) is 6.26 Å². The Kier molecular flexibility index (Phi) is 7.24. The second kappa shape index (κ2) is 9.43. The number of sulfonamides is 1. The summed E-state index contributed by atoms with van der Waals surface area (Å²) in [5.41, 5.74) is 1.10. The standard InChI is InChI=1S/C19H24N2O6S/c1-25-14-7-5-13(6-8-14)17(21-28(4,23)24)12-19(22)20-16-10-9-15(26-2)11-18(16)27-3/h5-11,17,21H,12H2,1-4H3,(H,20,22). The minimum atomic E-state index is -3.53. The molecular formula is C19H24N2O6S. The zero-order valence-electron chi connectivity index (χ0n) is 16.2. The molecule has 0 bridgehead atoms. The summed E-state index contributed by atoms with van der Waals surface area (Å²) in [6.07, 6.45) is 0.947. The van der Waals surface area contributed by atoms with Crippen LogP contribution in [0.2, 0.25) is 0 Å².